The lowest BCUT2D eigenvalue weighted by atomic mass is 10.1. The Morgan fingerprint density at radius 1 is 1.20 bits per heavy atom. The highest BCUT2D eigenvalue weighted by Gasteiger charge is 2.27. The number of nitrogens with one attached hydrogen (secondary N) is 1. The summed E-state index contributed by atoms with van der Waals surface area (Å²) in [5.41, 5.74) is 7.99. The molecule has 224 valence electrons. The zero-order valence-corrected chi connectivity index (χ0v) is 25.6. The van der Waals surface area contributed by atoms with Crippen LogP contribution < -0.4 is 14.8 Å². The van der Waals surface area contributed by atoms with Crippen LogP contribution in [0.4, 0.5) is 5.69 Å². The van der Waals surface area contributed by atoms with Gasteiger partial charge in [0, 0.05) is 51.4 Å². The van der Waals surface area contributed by atoms with Gasteiger partial charge in [-0.3, -0.25) is 15.2 Å². The molecule has 0 atom stereocenters. The largest absolute Gasteiger partial charge is 0.490 e. The SMILES string of the molecule is CC(=O)OS(=O)(=O)N(C/C=C/c1cccc(C(=N)N)c1)c1ccc(OC2CCN(C3=NCCC3)CC2)c(C)c1.Cl.Cl. The topological polar surface area (TPSA) is 138 Å². The van der Waals surface area contributed by atoms with Crippen molar-refractivity contribution in [2.45, 2.75) is 45.6 Å². The molecule has 2 aliphatic heterocycles. The van der Waals surface area contributed by atoms with Gasteiger partial charge in [-0.1, -0.05) is 30.4 Å². The molecule has 10 nitrogen and oxygen atoms in total. The second-order valence-electron chi connectivity index (χ2n) is 9.66. The normalized spacial score (nSPS) is 15.5. The van der Waals surface area contributed by atoms with Gasteiger partial charge in [-0.05, 0) is 48.7 Å². The van der Waals surface area contributed by atoms with E-state index in [1.165, 1.54) is 5.84 Å². The Balaban J connectivity index is 0.00000294. The van der Waals surface area contributed by atoms with Crippen LogP contribution in [-0.2, 0) is 19.3 Å². The van der Waals surface area contributed by atoms with E-state index in [1.54, 1.807) is 48.6 Å². The third-order valence-electron chi connectivity index (χ3n) is 6.67. The molecule has 1 saturated heterocycles. The number of hydrogen-bond donors (Lipinski definition) is 2. The van der Waals surface area contributed by atoms with Gasteiger partial charge in [0.1, 0.15) is 17.7 Å². The molecule has 0 unspecified atom stereocenters. The van der Waals surface area contributed by atoms with Crippen LogP contribution in [0.1, 0.15) is 49.3 Å². The molecule has 0 saturated carbocycles. The minimum absolute atomic E-state index is 0. The molecule has 0 amide bonds. The number of amidine groups is 2. The number of nitrogens with zero attached hydrogens (tertiary/aromatic N) is 3. The first-order valence-corrected chi connectivity index (χ1v) is 14.4. The number of anilines is 1. The quantitative estimate of drug-likeness (QED) is 0.309. The fraction of sp³-hybridized carbons (Fsp3) is 0.393. The van der Waals surface area contributed by atoms with E-state index < -0.39 is 16.3 Å². The Morgan fingerprint density at radius 2 is 1.93 bits per heavy atom. The van der Waals surface area contributed by atoms with E-state index in [1.807, 2.05) is 13.0 Å². The Bertz CT molecular complexity index is 1390. The number of halogens is 2. The summed E-state index contributed by atoms with van der Waals surface area (Å²) in [5.74, 6) is 0.918. The molecular formula is C28H37Cl2N5O5S. The van der Waals surface area contributed by atoms with E-state index in [0.717, 1.165) is 67.7 Å². The van der Waals surface area contributed by atoms with Gasteiger partial charge in [0.2, 0.25) is 0 Å². The summed E-state index contributed by atoms with van der Waals surface area (Å²) in [4.78, 5) is 18.5. The highest BCUT2D eigenvalue weighted by molar-refractivity contribution is 7.88. The van der Waals surface area contributed by atoms with Gasteiger partial charge < -0.3 is 19.6 Å². The minimum Gasteiger partial charge on any atom is -0.490 e. The average molecular weight is 627 g/mol. The van der Waals surface area contributed by atoms with Crippen molar-refractivity contribution in [2.24, 2.45) is 10.7 Å². The van der Waals surface area contributed by atoms with E-state index in [2.05, 4.69) is 14.1 Å². The summed E-state index contributed by atoms with van der Waals surface area (Å²) in [7, 11) is -4.40. The lowest BCUT2D eigenvalue weighted by Gasteiger charge is -2.34. The van der Waals surface area contributed by atoms with Crippen molar-refractivity contribution in [3.63, 3.8) is 0 Å². The van der Waals surface area contributed by atoms with Crippen LogP contribution in [0.15, 0.2) is 53.5 Å². The molecule has 0 aromatic heterocycles. The van der Waals surface area contributed by atoms with Crippen LogP contribution in [0, 0.1) is 12.3 Å². The molecule has 0 aliphatic carbocycles. The number of carbonyl (C=O) groups is 1. The lowest BCUT2D eigenvalue weighted by Crippen LogP contribution is -2.41. The third-order valence-corrected chi connectivity index (χ3v) is 8.02. The average Bonchev–Trinajstić information content (AvgIpc) is 3.43. The number of hydrogen-bond acceptors (Lipinski definition) is 8. The van der Waals surface area contributed by atoms with Crippen molar-refractivity contribution in [3.8, 4) is 5.75 Å². The van der Waals surface area contributed by atoms with E-state index in [4.69, 9.17) is 15.9 Å². The number of piperidine rings is 1. The van der Waals surface area contributed by atoms with Crippen molar-refractivity contribution < 1.29 is 22.1 Å². The van der Waals surface area contributed by atoms with E-state index in [9.17, 15) is 13.2 Å². The number of benzene rings is 2. The van der Waals surface area contributed by atoms with Crippen LogP contribution in [0.5, 0.6) is 5.75 Å². The summed E-state index contributed by atoms with van der Waals surface area (Å²) in [6, 6.07) is 12.1. The molecule has 13 heteroatoms. The lowest BCUT2D eigenvalue weighted by molar-refractivity contribution is -0.131. The zero-order valence-electron chi connectivity index (χ0n) is 23.1. The molecule has 0 spiro atoms. The van der Waals surface area contributed by atoms with Crippen molar-refractivity contribution in [1.82, 2.24) is 4.90 Å². The molecule has 0 bridgehead atoms. The van der Waals surface area contributed by atoms with Gasteiger partial charge in [0.05, 0.1) is 18.1 Å². The van der Waals surface area contributed by atoms with E-state index in [-0.39, 0.29) is 43.3 Å². The molecule has 2 aromatic carbocycles. The number of nitrogen functional groups attached to an aromatic ring is 1. The Hall–Kier alpha value is -3.28. The van der Waals surface area contributed by atoms with E-state index in [0.29, 0.717) is 17.0 Å². The Morgan fingerprint density at radius 3 is 2.54 bits per heavy atom. The van der Waals surface area contributed by atoms with Gasteiger partial charge in [-0.25, -0.2) is 4.31 Å². The molecule has 2 aromatic rings. The first-order chi connectivity index (χ1) is 18.6. The standard InChI is InChI=1S/C28H35N5O5S.2ClH/c1-20-18-24(10-11-26(20)37-25-12-16-32(17-13-25)27-9-4-14-31-27)33(39(35,36)38-21(2)34)15-5-7-22-6-3-8-23(19-22)28(29)30;;/h3,5-8,10-11,18-19,25H,4,9,12-17H2,1-2H3,(H3,29,30);2*1H/b7-5+;;. The van der Waals surface area contributed by atoms with Crippen LogP contribution in [0.2, 0.25) is 0 Å². The highest BCUT2D eigenvalue weighted by atomic mass is 35.5. The Kier molecular flexibility index (Phi) is 12.5. The number of nitrogens with two attached hydrogens (primary N) is 1. The molecule has 2 aliphatic rings. The summed E-state index contributed by atoms with van der Waals surface area (Å²) in [6.07, 6.45) is 7.40. The van der Waals surface area contributed by atoms with Crippen molar-refractivity contribution >= 4 is 64.5 Å². The maximum Gasteiger partial charge on any atom is 0.412 e. The van der Waals surface area contributed by atoms with Gasteiger partial charge in [0.15, 0.2) is 0 Å². The highest BCUT2D eigenvalue weighted by Crippen LogP contribution is 2.29. The molecule has 1 fully saturated rings. The molecule has 41 heavy (non-hydrogen) atoms. The second kappa shape index (κ2) is 15.1. The molecule has 2 heterocycles. The summed E-state index contributed by atoms with van der Waals surface area (Å²) < 4.78 is 37.9. The van der Waals surface area contributed by atoms with Gasteiger partial charge in [0.25, 0.3) is 0 Å². The third kappa shape index (κ3) is 9.11. The van der Waals surface area contributed by atoms with Gasteiger partial charge >= 0.3 is 16.3 Å². The molecule has 3 N–H and O–H groups in total. The maximum absolute atomic E-state index is 12.9. The van der Waals surface area contributed by atoms with Gasteiger partial charge in [-0.15, -0.1) is 24.8 Å². The van der Waals surface area contributed by atoms with Crippen LogP contribution in [0.25, 0.3) is 6.08 Å². The molecular weight excluding hydrogens is 589 g/mol. The number of rotatable bonds is 9. The number of ether oxygens (including phenoxy) is 1. The predicted octanol–water partition coefficient (Wildman–Crippen LogP) is 4.49. The summed E-state index contributed by atoms with van der Waals surface area (Å²) >= 11 is 0. The van der Waals surface area contributed by atoms with Crippen molar-refractivity contribution in [2.75, 3.05) is 30.5 Å². The summed E-state index contributed by atoms with van der Waals surface area (Å²) in [5, 5.41) is 7.60. The fourth-order valence-electron chi connectivity index (χ4n) is 4.73. The fourth-order valence-corrected chi connectivity index (χ4v) is 5.76. The van der Waals surface area contributed by atoms with Gasteiger partial charge in [-0.2, -0.15) is 8.42 Å². The van der Waals surface area contributed by atoms with Crippen molar-refractivity contribution in [1.29, 1.82) is 5.41 Å². The second-order valence-corrected chi connectivity index (χ2v) is 11.1. The monoisotopic (exact) mass is 625 g/mol. The zero-order chi connectivity index (χ0) is 28.0. The summed E-state index contributed by atoms with van der Waals surface area (Å²) in [6.45, 7) is 5.58. The van der Waals surface area contributed by atoms with Crippen LogP contribution >= 0.6 is 24.8 Å². The number of likely N-dealkylation sites (tertiary alicyclic amines) is 1. The molecule has 0 radical (unpaired) electrons. The number of carbonyl (C=O) groups excluding carboxylic acids is 1. The minimum atomic E-state index is -4.40. The van der Waals surface area contributed by atoms with Crippen LogP contribution in [0.3, 0.4) is 0 Å². The number of aryl methyl sites for hydroxylation is 1. The van der Waals surface area contributed by atoms with E-state index >= 15 is 0 Å². The number of aliphatic imine (C=N–C) groups is 1. The predicted molar refractivity (Wildman–Crippen MR) is 167 cm³/mol. The van der Waals surface area contributed by atoms with Crippen LogP contribution in [-0.4, -0.2) is 63.2 Å². The Labute approximate surface area is 254 Å². The first kappa shape index (κ1) is 33.9. The molecule has 4 rings (SSSR count). The smallest absolute Gasteiger partial charge is 0.412 e. The first-order valence-electron chi connectivity index (χ1n) is 13.0. The van der Waals surface area contributed by atoms with Crippen molar-refractivity contribution in [3.05, 3.63) is 65.2 Å². The maximum atomic E-state index is 12.9.